The third kappa shape index (κ3) is 1.64. The molecule has 2 heterocycles. The Bertz CT molecular complexity index is 547. The summed E-state index contributed by atoms with van der Waals surface area (Å²) in [6.45, 7) is 6.83. The first-order valence-electron chi connectivity index (χ1n) is 5.23. The summed E-state index contributed by atoms with van der Waals surface area (Å²) in [7, 11) is 0. The molecular formula is C11H14N4O. The van der Waals surface area contributed by atoms with E-state index in [1.807, 2.05) is 25.5 Å². The van der Waals surface area contributed by atoms with Crippen LogP contribution in [0.5, 0.6) is 0 Å². The molecule has 16 heavy (non-hydrogen) atoms. The predicted octanol–water partition coefficient (Wildman–Crippen LogP) is 1.27. The van der Waals surface area contributed by atoms with Gasteiger partial charge in [0.15, 0.2) is 0 Å². The Morgan fingerprint density at radius 3 is 2.62 bits per heavy atom. The minimum absolute atomic E-state index is 0.193. The molecule has 1 N–H and O–H groups in total. The number of nitrogens with one attached hydrogen (secondary N) is 1. The van der Waals surface area contributed by atoms with Crippen molar-refractivity contribution in [2.45, 2.75) is 27.3 Å². The minimum atomic E-state index is -0.193. The van der Waals surface area contributed by atoms with E-state index in [0.29, 0.717) is 0 Å². The molecule has 5 heteroatoms. The SMILES string of the molecule is CCn1nc(C)c(-c2ccc(=O)[nH]n2)c1C. The standard InChI is InChI=1S/C11H14N4O/c1-4-15-8(3)11(7(2)14-15)9-5-6-10(16)13-12-9/h5-6H,4H2,1-3H3,(H,13,16). The molecule has 5 nitrogen and oxygen atoms in total. The highest BCUT2D eigenvalue weighted by molar-refractivity contribution is 5.64. The molecule has 0 unspecified atom stereocenters. The Balaban J connectivity index is 2.59. The Morgan fingerprint density at radius 2 is 2.12 bits per heavy atom. The Labute approximate surface area is 93.1 Å². The number of hydrogen-bond acceptors (Lipinski definition) is 3. The van der Waals surface area contributed by atoms with Crippen molar-refractivity contribution < 1.29 is 0 Å². The van der Waals surface area contributed by atoms with Crippen LogP contribution < -0.4 is 5.56 Å². The summed E-state index contributed by atoms with van der Waals surface area (Å²) in [5.41, 5.74) is 3.56. The van der Waals surface area contributed by atoms with Gasteiger partial charge >= 0.3 is 0 Å². The van der Waals surface area contributed by atoms with Gasteiger partial charge in [0, 0.05) is 23.9 Å². The minimum Gasteiger partial charge on any atom is -0.269 e. The third-order valence-corrected chi connectivity index (χ3v) is 2.62. The van der Waals surface area contributed by atoms with Crippen molar-refractivity contribution >= 4 is 0 Å². The molecule has 0 saturated carbocycles. The Morgan fingerprint density at radius 1 is 1.38 bits per heavy atom. The summed E-state index contributed by atoms with van der Waals surface area (Å²) in [4.78, 5) is 10.9. The van der Waals surface area contributed by atoms with Crippen LogP contribution in [0.25, 0.3) is 11.3 Å². The van der Waals surface area contributed by atoms with E-state index < -0.39 is 0 Å². The molecule has 0 radical (unpaired) electrons. The normalized spacial score (nSPS) is 10.7. The molecule has 2 aromatic rings. The van der Waals surface area contributed by atoms with Crippen LogP contribution in [0, 0.1) is 13.8 Å². The van der Waals surface area contributed by atoms with Crippen LogP contribution in [-0.4, -0.2) is 20.0 Å². The van der Waals surface area contributed by atoms with E-state index in [1.54, 1.807) is 6.07 Å². The molecule has 84 valence electrons. The zero-order chi connectivity index (χ0) is 11.7. The molecule has 0 saturated heterocycles. The van der Waals surface area contributed by atoms with Crippen molar-refractivity contribution in [3.05, 3.63) is 33.9 Å². The van der Waals surface area contributed by atoms with E-state index in [0.717, 1.165) is 29.2 Å². The van der Waals surface area contributed by atoms with Crippen LogP contribution in [0.4, 0.5) is 0 Å². The fourth-order valence-electron chi connectivity index (χ4n) is 1.86. The highest BCUT2D eigenvalue weighted by atomic mass is 16.1. The number of hydrogen-bond donors (Lipinski definition) is 1. The maximum atomic E-state index is 10.9. The molecule has 0 fully saturated rings. The highest BCUT2D eigenvalue weighted by Gasteiger charge is 2.13. The molecule has 0 aliphatic carbocycles. The molecule has 0 spiro atoms. The van der Waals surface area contributed by atoms with Crippen LogP contribution >= 0.6 is 0 Å². The zero-order valence-corrected chi connectivity index (χ0v) is 9.61. The van der Waals surface area contributed by atoms with Crippen LogP contribution in [0.1, 0.15) is 18.3 Å². The number of aromatic nitrogens is 4. The maximum absolute atomic E-state index is 10.9. The summed E-state index contributed by atoms with van der Waals surface area (Å²) >= 11 is 0. The largest absolute Gasteiger partial charge is 0.269 e. The van der Waals surface area contributed by atoms with E-state index >= 15 is 0 Å². The average molecular weight is 218 g/mol. The molecular weight excluding hydrogens is 204 g/mol. The lowest BCUT2D eigenvalue weighted by Crippen LogP contribution is -2.06. The van der Waals surface area contributed by atoms with Gasteiger partial charge in [0.05, 0.1) is 11.4 Å². The summed E-state index contributed by atoms with van der Waals surface area (Å²) in [6.07, 6.45) is 0. The van der Waals surface area contributed by atoms with Gasteiger partial charge in [-0.2, -0.15) is 10.2 Å². The first-order valence-corrected chi connectivity index (χ1v) is 5.23. The first-order chi connectivity index (χ1) is 7.63. The molecule has 0 atom stereocenters. The lowest BCUT2D eigenvalue weighted by Gasteiger charge is -2.01. The first kappa shape index (κ1) is 10.6. The van der Waals surface area contributed by atoms with Crippen molar-refractivity contribution in [1.29, 1.82) is 0 Å². The molecule has 2 rings (SSSR count). The zero-order valence-electron chi connectivity index (χ0n) is 9.61. The number of aryl methyl sites for hydroxylation is 2. The second-order valence-corrected chi connectivity index (χ2v) is 3.67. The number of H-pyrrole nitrogens is 1. The van der Waals surface area contributed by atoms with Gasteiger partial charge in [-0.05, 0) is 26.8 Å². The van der Waals surface area contributed by atoms with Gasteiger partial charge in [-0.3, -0.25) is 9.48 Å². The van der Waals surface area contributed by atoms with Crippen LogP contribution in [0.15, 0.2) is 16.9 Å². The van der Waals surface area contributed by atoms with Gasteiger partial charge in [-0.1, -0.05) is 0 Å². The smallest absolute Gasteiger partial charge is 0.264 e. The topological polar surface area (TPSA) is 63.6 Å². The van der Waals surface area contributed by atoms with Crippen molar-refractivity contribution in [3.8, 4) is 11.3 Å². The molecule has 2 aromatic heterocycles. The van der Waals surface area contributed by atoms with E-state index in [1.165, 1.54) is 6.07 Å². The maximum Gasteiger partial charge on any atom is 0.264 e. The van der Waals surface area contributed by atoms with Crippen LogP contribution in [-0.2, 0) is 6.54 Å². The number of aromatic amines is 1. The molecule has 0 aliphatic heterocycles. The summed E-state index contributed by atoms with van der Waals surface area (Å²) in [6, 6.07) is 3.19. The monoisotopic (exact) mass is 218 g/mol. The van der Waals surface area contributed by atoms with Crippen molar-refractivity contribution in [3.63, 3.8) is 0 Å². The van der Waals surface area contributed by atoms with Gasteiger partial charge in [0.25, 0.3) is 5.56 Å². The Kier molecular flexibility index (Phi) is 2.60. The average Bonchev–Trinajstić information content (AvgIpc) is 2.56. The Hall–Kier alpha value is -1.91. The van der Waals surface area contributed by atoms with E-state index in [4.69, 9.17) is 0 Å². The van der Waals surface area contributed by atoms with Crippen LogP contribution in [0.3, 0.4) is 0 Å². The lowest BCUT2D eigenvalue weighted by atomic mass is 10.1. The van der Waals surface area contributed by atoms with Gasteiger partial charge in [0.1, 0.15) is 0 Å². The van der Waals surface area contributed by atoms with E-state index in [-0.39, 0.29) is 5.56 Å². The van der Waals surface area contributed by atoms with E-state index in [9.17, 15) is 4.79 Å². The highest BCUT2D eigenvalue weighted by Crippen LogP contribution is 2.23. The summed E-state index contributed by atoms with van der Waals surface area (Å²) in [5, 5.41) is 10.9. The third-order valence-electron chi connectivity index (χ3n) is 2.62. The number of nitrogens with zero attached hydrogens (tertiary/aromatic N) is 3. The van der Waals surface area contributed by atoms with Crippen LogP contribution in [0.2, 0.25) is 0 Å². The second-order valence-electron chi connectivity index (χ2n) is 3.67. The predicted molar refractivity (Wildman–Crippen MR) is 61.2 cm³/mol. The van der Waals surface area contributed by atoms with Gasteiger partial charge in [0.2, 0.25) is 0 Å². The fourth-order valence-corrected chi connectivity index (χ4v) is 1.86. The van der Waals surface area contributed by atoms with Gasteiger partial charge in [-0.15, -0.1) is 0 Å². The summed E-state index contributed by atoms with van der Waals surface area (Å²) in [5.74, 6) is 0. The van der Waals surface area contributed by atoms with Gasteiger partial charge in [-0.25, -0.2) is 5.10 Å². The van der Waals surface area contributed by atoms with E-state index in [2.05, 4.69) is 15.3 Å². The van der Waals surface area contributed by atoms with Crippen molar-refractivity contribution in [2.75, 3.05) is 0 Å². The van der Waals surface area contributed by atoms with Crippen molar-refractivity contribution in [2.24, 2.45) is 0 Å². The summed E-state index contributed by atoms with van der Waals surface area (Å²) < 4.78 is 1.93. The molecule has 0 bridgehead atoms. The van der Waals surface area contributed by atoms with Crippen molar-refractivity contribution in [1.82, 2.24) is 20.0 Å². The lowest BCUT2D eigenvalue weighted by molar-refractivity contribution is 0.634. The molecule has 0 aliphatic rings. The van der Waals surface area contributed by atoms with Gasteiger partial charge < -0.3 is 0 Å². The second kappa shape index (κ2) is 3.92. The molecule has 0 amide bonds. The quantitative estimate of drug-likeness (QED) is 0.825. The molecule has 0 aromatic carbocycles. The fraction of sp³-hybridized carbons (Fsp3) is 0.364. The number of rotatable bonds is 2.